The monoisotopic (exact) mass is 364 g/mol. The Morgan fingerprint density at radius 3 is 2.48 bits per heavy atom. The Hall–Kier alpha value is -3.08. The van der Waals surface area contributed by atoms with Gasteiger partial charge in [0.2, 0.25) is 5.91 Å². The highest BCUT2D eigenvalue weighted by Crippen LogP contribution is 2.17. The minimum Gasteiger partial charge on any atom is -0.494 e. The Kier molecular flexibility index (Phi) is 5.60. The summed E-state index contributed by atoms with van der Waals surface area (Å²) >= 11 is 0. The average Bonchev–Trinajstić information content (AvgIpc) is 2.63. The Bertz CT molecular complexity index is 1020. The third-order valence-electron chi connectivity index (χ3n) is 4.61. The van der Waals surface area contributed by atoms with Crippen molar-refractivity contribution < 1.29 is 9.53 Å². The molecular weight excluding hydrogens is 340 g/mol. The summed E-state index contributed by atoms with van der Waals surface area (Å²) in [7, 11) is 0. The number of rotatable bonds is 6. The second-order valence-electron chi connectivity index (χ2n) is 6.68. The third kappa shape index (κ3) is 4.56. The maximum atomic E-state index is 12.3. The lowest BCUT2D eigenvalue weighted by Gasteiger charge is -2.08. The molecule has 1 aromatic heterocycles. The van der Waals surface area contributed by atoms with Gasteiger partial charge in [0.15, 0.2) is 0 Å². The molecule has 0 aliphatic carbocycles. The van der Waals surface area contributed by atoms with Gasteiger partial charge in [-0.1, -0.05) is 12.1 Å². The quantitative estimate of drug-likeness (QED) is 0.704. The molecule has 0 unspecified atom stereocenters. The topological polar surface area (TPSA) is 71.2 Å². The van der Waals surface area contributed by atoms with Crippen molar-refractivity contribution in [2.45, 2.75) is 33.7 Å². The highest BCUT2D eigenvalue weighted by Gasteiger charge is 2.08. The zero-order chi connectivity index (χ0) is 19.4. The van der Waals surface area contributed by atoms with Crippen molar-refractivity contribution >= 4 is 16.8 Å². The van der Waals surface area contributed by atoms with E-state index in [1.165, 1.54) is 5.56 Å². The number of benzene rings is 2. The fourth-order valence-corrected chi connectivity index (χ4v) is 2.97. The maximum absolute atomic E-state index is 12.3. The van der Waals surface area contributed by atoms with Crippen molar-refractivity contribution in [3.05, 3.63) is 75.1 Å². The van der Waals surface area contributed by atoms with E-state index in [0.29, 0.717) is 12.2 Å². The van der Waals surface area contributed by atoms with Crippen molar-refractivity contribution in [3.63, 3.8) is 0 Å². The van der Waals surface area contributed by atoms with Gasteiger partial charge in [0.1, 0.15) is 5.75 Å². The number of carbonyl (C=O) groups excluding carboxylic acids is 1. The number of aromatic amines is 1. The van der Waals surface area contributed by atoms with E-state index in [2.05, 4.69) is 10.3 Å². The van der Waals surface area contributed by atoms with Crippen LogP contribution in [0.2, 0.25) is 0 Å². The largest absolute Gasteiger partial charge is 0.494 e. The minimum absolute atomic E-state index is 0.126. The molecule has 5 nitrogen and oxygen atoms in total. The molecule has 3 aromatic rings. The fraction of sp³-hybridized carbons (Fsp3) is 0.273. The zero-order valence-corrected chi connectivity index (χ0v) is 15.9. The van der Waals surface area contributed by atoms with E-state index in [1.807, 2.05) is 63.2 Å². The number of aryl methyl sites for hydroxylation is 2. The molecule has 5 heteroatoms. The van der Waals surface area contributed by atoms with Crippen LogP contribution in [0.25, 0.3) is 10.9 Å². The van der Waals surface area contributed by atoms with E-state index in [4.69, 9.17) is 4.74 Å². The van der Waals surface area contributed by atoms with E-state index in [9.17, 15) is 9.59 Å². The summed E-state index contributed by atoms with van der Waals surface area (Å²) in [5, 5.41) is 3.79. The van der Waals surface area contributed by atoms with Crippen LogP contribution in [0.15, 0.2) is 47.3 Å². The number of carbonyl (C=O) groups is 1. The molecule has 0 atom stereocenters. The van der Waals surface area contributed by atoms with Crippen LogP contribution in [0.3, 0.4) is 0 Å². The minimum atomic E-state index is -0.174. The normalized spacial score (nSPS) is 10.8. The van der Waals surface area contributed by atoms with Gasteiger partial charge in [0, 0.05) is 17.6 Å². The molecule has 140 valence electrons. The molecule has 3 rings (SSSR count). The smallest absolute Gasteiger partial charge is 0.253 e. The number of ether oxygens (including phenoxy) is 1. The summed E-state index contributed by atoms with van der Waals surface area (Å²) in [5.74, 6) is 0.661. The highest BCUT2D eigenvalue weighted by atomic mass is 16.5. The standard InChI is InChI=1S/C22H24N2O3/c1-4-27-19-7-5-16(6-8-19)11-21(25)23-13-18-12-17-9-14(2)15(3)10-20(17)24-22(18)26/h5-10,12H,4,11,13H2,1-3H3,(H,23,25)(H,24,26). The van der Waals surface area contributed by atoms with E-state index < -0.39 is 0 Å². The predicted octanol–water partition coefficient (Wildman–Crippen LogP) is 3.40. The highest BCUT2D eigenvalue weighted by molar-refractivity contribution is 5.81. The van der Waals surface area contributed by atoms with E-state index in [1.54, 1.807) is 0 Å². The first-order chi connectivity index (χ1) is 13.0. The molecule has 0 saturated heterocycles. The summed E-state index contributed by atoms with van der Waals surface area (Å²) in [6, 6.07) is 13.3. The molecule has 0 fully saturated rings. The molecule has 0 spiro atoms. The molecule has 2 N–H and O–H groups in total. The van der Waals surface area contributed by atoms with Crippen LogP contribution in [0, 0.1) is 13.8 Å². The fourth-order valence-electron chi connectivity index (χ4n) is 2.97. The average molecular weight is 364 g/mol. The number of aromatic nitrogens is 1. The summed E-state index contributed by atoms with van der Waals surface area (Å²) < 4.78 is 5.40. The summed E-state index contributed by atoms with van der Waals surface area (Å²) in [6.45, 7) is 6.80. The zero-order valence-electron chi connectivity index (χ0n) is 15.9. The Labute approximate surface area is 158 Å². The number of H-pyrrole nitrogens is 1. The van der Waals surface area contributed by atoms with Crippen LogP contribution in [-0.4, -0.2) is 17.5 Å². The molecule has 0 radical (unpaired) electrons. The van der Waals surface area contributed by atoms with E-state index in [0.717, 1.165) is 27.8 Å². The summed E-state index contributed by atoms with van der Waals surface area (Å²) in [6.07, 6.45) is 0.260. The van der Waals surface area contributed by atoms with Gasteiger partial charge in [-0.05, 0) is 73.2 Å². The van der Waals surface area contributed by atoms with Crippen molar-refractivity contribution in [1.29, 1.82) is 0 Å². The lowest BCUT2D eigenvalue weighted by molar-refractivity contribution is -0.120. The number of pyridine rings is 1. The summed E-state index contributed by atoms with van der Waals surface area (Å²) in [5.41, 5.74) is 4.38. The predicted molar refractivity (Wildman–Crippen MR) is 107 cm³/mol. The van der Waals surface area contributed by atoms with E-state index >= 15 is 0 Å². The molecule has 2 aromatic carbocycles. The third-order valence-corrected chi connectivity index (χ3v) is 4.61. The number of hydrogen-bond acceptors (Lipinski definition) is 3. The number of nitrogens with one attached hydrogen (secondary N) is 2. The van der Waals surface area contributed by atoms with Crippen LogP contribution in [0.4, 0.5) is 0 Å². The van der Waals surface area contributed by atoms with Crippen molar-refractivity contribution in [3.8, 4) is 5.75 Å². The van der Waals surface area contributed by atoms with Crippen LogP contribution in [-0.2, 0) is 17.8 Å². The number of hydrogen-bond donors (Lipinski definition) is 2. The van der Waals surface area contributed by atoms with Gasteiger partial charge >= 0.3 is 0 Å². The van der Waals surface area contributed by atoms with E-state index in [-0.39, 0.29) is 24.4 Å². The van der Waals surface area contributed by atoms with Gasteiger partial charge in [-0.15, -0.1) is 0 Å². The molecule has 0 aliphatic heterocycles. The Balaban J connectivity index is 1.66. The SMILES string of the molecule is CCOc1ccc(CC(=O)NCc2cc3cc(C)c(C)cc3[nH]c2=O)cc1. The lowest BCUT2D eigenvalue weighted by Crippen LogP contribution is -2.28. The van der Waals surface area contributed by atoms with Crippen LogP contribution in [0.5, 0.6) is 5.75 Å². The molecule has 0 aliphatic rings. The van der Waals surface area contributed by atoms with Crippen molar-refractivity contribution in [2.75, 3.05) is 6.61 Å². The Morgan fingerprint density at radius 1 is 1.07 bits per heavy atom. The molecular formula is C22H24N2O3. The molecule has 27 heavy (non-hydrogen) atoms. The number of amides is 1. The molecule has 0 bridgehead atoms. The van der Waals surface area contributed by atoms with Crippen molar-refractivity contribution in [1.82, 2.24) is 10.3 Å². The molecule has 1 heterocycles. The Morgan fingerprint density at radius 2 is 1.78 bits per heavy atom. The second kappa shape index (κ2) is 8.08. The van der Waals surface area contributed by atoms with Crippen LogP contribution >= 0.6 is 0 Å². The second-order valence-corrected chi connectivity index (χ2v) is 6.68. The first-order valence-electron chi connectivity index (χ1n) is 9.08. The van der Waals surface area contributed by atoms with Gasteiger partial charge in [0.05, 0.1) is 13.0 Å². The number of fused-ring (bicyclic) bond motifs is 1. The van der Waals surface area contributed by atoms with Gasteiger partial charge in [-0.3, -0.25) is 9.59 Å². The van der Waals surface area contributed by atoms with Crippen molar-refractivity contribution in [2.24, 2.45) is 0 Å². The van der Waals surface area contributed by atoms with Crippen LogP contribution in [0.1, 0.15) is 29.2 Å². The lowest BCUT2D eigenvalue weighted by atomic mass is 10.0. The van der Waals surface area contributed by atoms with Gasteiger partial charge in [0.25, 0.3) is 5.56 Å². The van der Waals surface area contributed by atoms with Gasteiger partial charge in [-0.25, -0.2) is 0 Å². The molecule has 0 saturated carbocycles. The maximum Gasteiger partial charge on any atom is 0.253 e. The molecule has 1 amide bonds. The van der Waals surface area contributed by atoms with Gasteiger partial charge in [-0.2, -0.15) is 0 Å². The van der Waals surface area contributed by atoms with Crippen LogP contribution < -0.4 is 15.6 Å². The summed E-state index contributed by atoms with van der Waals surface area (Å²) in [4.78, 5) is 27.4. The first kappa shape index (κ1) is 18.7. The first-order valence-corrected chi connectivity index (χ1v) is 9.08. The van der Waals surface area contributed by atoms with Gasteiger partial charge < -0.3 is 15.0 Å².